The second-order valence-electron chi connectivity index (χ2n) is 10.4. The molecule has 1 aromatic carbocycles. The van der Waals surface area contributed by atoms with Crippen LogP contribution in [-0.2, 0) is 12.8 Å². The van der Waals surface area contributed by atoms with Gasteiger partial charge in [-0.1, -0.05) is 103 Å². The van der Waals surface area contributed by atoms with E-state index < -0.39 is 0 Å². The number of fused-ring (bicyclic) bond motifs is 1. The lowest BCUT2D eigenvalue weighted by molar-refractivity contribution is 0.301. The van der Waals surface area contributed by atoms with E-state index in [1.807, 2.05) is 0 Å². The van der Waals surface area contributed by atoms with Crippen LogP contribution in [0.5, 0.6) is 0 Å². The van der Waals surface area contributed by atoms with E-state index in [0.29, 0.717) is 0 Å². The molecule has 0 bridgehead atoms. The van der Waals surface area contributed by atoms with Gasteiger partial charge in [0.05, 0.1) is 0 Å². The summed E-state index contributed by atoms with van der Waals surface area (Å²) in [6.07, 6.45) is 25.8. The van der Waals surface area contributed by atoms with Crippen molar-refractivity contribution in [3.63, 3.8) is 0 Å². The van der Waals surface area contributed by atoms with Crippen molar-refractivity contribution < 1.29 is 0 Å². The van der Waals surface area contributed by atoms with Crippen molar-refractivity contribution >= 4 is 0 Å². The van der Waals surface area contributed by atoms with Crippen molar-refractivity contribution in [2.24, 2.45) is 11.8 Å². The standard InChI is InChI=1S/C29H48/c1-3-5-7-9-11-12-24-14-17-26(18-15-24)28-21-20-27-22-25(13-10-8-6-4-2)16-19-29(27)23-28/h20-21,23-26H,3-19,22H2,1-2H3. The second kappa shape index (κ2) is 12.8. The van der Waals surface area contributed by atoms with Gasteiger partial charge in [-0.2, -0.15) is 0 Å². The number of benzene rings is 1. The van der Waals surface area contributed by atoms with Gasteiger partial charge in [0, 0.05) is 0 Å². The number of hydrogen-bond donors (Lipinski definition) is 0. The van der Waals surface area contributed by atoms with Crippen molar-refractivity contribution in [1.29, 1.82) is 0 Å². The lowest BCUT2D eigenvalue weighted by atomic mass is 9.75. The maximum Gasteiger partial charge on any atom is -0.0162 e. The average Bonchev–Trinajstić information content (AvgIpc) is 2.76. The molecular formula is C29H48. The Bertz CT molecular complexity index is 563. The molecule has 0 N–H and O–H groups in total. The first-order chi connectivity index (χ1) is 14.3. The fraction of sp³-hybridized carbons (Fsp3) is 0.793. The first-order valence-corrected chi connectivity index (χ1v) is 13.4. The molecule has 2 aliphatic carbocycles. The minimum absolute atomic E-state index is 0.850. The molecule has 0 spiro atoms. The summed E-state index contributed by atoms with van der Waals surface area (Å²) in [6.45, 7) is 4.63. The Morgan fingerprint density at radius 1 is 0.655 bits per heavy atom. The second-order valence-corrected chi connectivity index (χ2v) is 10.4. The third-order valence-electron chi connectivity index (χ3n) is 8.06. The third kappa shape index (κ3) is 7.45. The van der Waals surface area contributed by atoms with E-state index in [4.69, 9.17) is 0 Å². The van der Waals surface area contributed by atoms with E-state index in [0.717, 1.165) is 17.8 Å². The Morgan fingerprint density at radius 2 is 1.31 bits per heavy atom. The van der Waals surface area contributed by atoms with Crippen LogP contribution in [0.25, 0.3) is 0 Å². The minimum atomic E-state index is 0.850. The molecule has 0 saturated heterocycles. The van der Waals surface area contributed by atoms with Gasteiger partial charge in [0.25, 0.3) is 0 Å². The van der Waals surface area contributed by atoms with E-state index in [9.17, 15) is 0 Å². The van der Waals surface area contributed by atoms with E-state index in [1.54, 1.807) is 16.7 Å². The average molecular weight is 397 g/mol. The highest BCUT2D eigenvalue weighted by molar-refractivity contribution is 5.36. The zero-order valence-corrected chi connectivity index (χ0v) is 19.7. The summed E-state index contributed by atoms with van der Waals surface area (Å²) in [7, 11) is 0. The summed E-state index contributed by atoms with van der Waals surface area (Å²) in [6, 6.07) is 7.65. The highest BCUT2D eigenvalue weighted by Crippen LogP contribution is 2.39. The van der Waals surface area contributed by atoms with Crippen LogP contribution in [0, 0.1) is 11.8 Å². The quantitative estimate of drug-likeness (QED) is 0.309. The summed E-state index contributed by atoms with van der Waals surface area (Å²) in [5.74, 6) is 2.83. The molecule has 1 saturated carbocycles. The zero-order valence-electron chi connectivity index (χ0n) is 19.7. The van der Waals surface area contributed by atoms with Crippen molar-refractivity contribution in [2.45, 2.75) is 135 Å². The Morgan fingerprint density at radius 3 is 2.03 bits per heavy atom. The molecular weight excluding hydrogens is 348 g/mol. The van der Waals surface area contributed by atoms with Gasteiger partial charge in [-0.15, -0.1) is 0 Å². The van der Waals surface area contributed by atoms with Crippen molar-refractivity contribution in [3.8, 4) is 0 Å². The zero-order chi connectivity index (χ0) is 20.3. The normalized spacial score (nSPS) is 24.4. The van der Waals surface area contributed by atoms with Crippen LogP contribution in [-0.4, -0.2) is 0 Å². The molecule has 0 nitrogen and oxygen atoms in total. The summed E-state index contributed by atoms with van der Waals surface area (Å²) in [4.78, 5) is 0. The van der Waals surface area contributed by atoms with Crippen molar-refractivity contribution in [2.75, 3.05) is 0 Å². The fourth-order valence-corrected chi connectivity index (χ4v) is 6.03. The molecule has 164 valence electrons. The predicted octanol–water partition coefficient (Wildman–Crippen LogP) is 9.40. The molecule has 0 aliphatic heterocycles. The molecule has 0 radical (unpaired) electrons. The fourth-order valence-electron chi connectivity index (χ4n) is 6.03. The molecule has 29 heavy (non-hydrogen) atoms. The number of hydrogen-bond acceptors (Lipinski definition) is 0. The van der Waals surface area contributed by atoms with Crippen molar-refractivity contribution in [3.05, 3.63) is 34.9 Å². The highest BCUT2D eigenvalue weighted by Gasteiger charge is 2.24. The topological polar surface area (TPSA) is 0 Å². The summed E-state index contributed by atoms with van der Waals surface area (Å²) in [5, 5.41) is 0. The maximum absolute atomic E-state index is 2.62. The third-order valence-corrected chi connectivity index (χ3v) is 8.06. The Kier molecular flexibility index (Phi) is 10.1. The van der Waals surface area contributed by atoms with Crippen LogP contribution in [0.1, 0.15) is 139 Å². The van der Waals surface area contributed by atoms with E-state index in [-0.39, 0.29) is 0 Å². The van der Waals surface area contributed by atoms with Gasteiger partial charge in [-0.05, 0) is 79.4 Å². The molecule has 0 heteroatoms. The predicted molar refractivity (Wildman–Crippen MR) is 129 cm³/mol. The van der Waals surface area contributed by atoms with Crippen LogP contribution in [0.2, 0.25) is 0 Å². The molecule has 3 rings (SSSR count). The molecule has 0 amide bonds. The molecule has 2 aliphatic rings. The van der Waals surface area contributed by atoms with Gasteiger partial charge in [0.2, 0.25) is 0 Å². The smallest absolute Gasteiger partial charge is 0.0162 e. The van der Waals surface area contributed by atoms with Gasteiger partial charge in [-0.3, -0.25) is 0 Å². The lowest BCUT2D eigenvalue weighted by Gasteiger charge is -2.30. The lowest BCUT2D eigenvalue weighted by Crippen LogP contribution is -2.16. The maximum atomic E-state index is 2.62. The van der Waals surface area contributed by atoms with Crippen LogP contribution >= 0.6 is 0 Å². The summed E-state index contributed by atoms with van der Waals surface area (Å²) >= 11 is 0. The number of aryl methyl sites for hydroxylation is 1. The Hall–Kier alpha value is -0.780. The summed E-state index contributed by atoms with van der Waals surface area (Å²) < 4.78 is 0. The van der Waals surface area contributed by atoms with E-state index in [2.05, 4.69) is 32.0 Å². The van der Waals surface area contributed by atoms with E-state index in [1.165, 1.54) is 116 Å². The molecule has 1 aromatic rings. The first kappa shape index (κ1) is 22.9. The van der Waals surface area contributed by atoms with Gasteiger partial charge in [0.15, 0.2) is 0 Å². The molecule has 1 fully saturated rings. The van der Waals surface area contributed by atoms with Crippen LogP contribution in [0.3, 0.4) is 0 Å². The monoisotopic (exact) mass is 396 g/mol. The number of unbranched alkanes of at least 4 members (excludes halogenated alkanes) is 7. The Labute approximate surface area is 182 Å². The Balaban J connectivity index is 1.41. The number of rotatable bonds is 12. The molecule has 0 aromatic heterocycles. The van der Waals surface area contributed by atoms with Gasteiger partial charge in [-0.25, -0.2) is 0 Å². The van der Waals surface area contributed by atoms with Gasteiger partial charge in [0.1, 0.15) is 0 Å². The highest BCUT2D eigenvalue weighted by atomic mass is 14.3. The van der Waals surface area contributed by atoms with Gasteiger partial charge >= 0.3 is 0 Å². The van der Waals surface area contributed by atoms with Gasteiger partial charge < -0.3 is 0 Å². The minimum Gasteiger partial charge on any atom is -0.0654 e. The SMILES string of the molecule is CCCCCCCC1CCC(c2ccc3c(c2)CCC(CCCCCC)C3)CC1. The van der Waals surface area contributed by atoms with Crippen LogP contribution < -0.4 is 0 Å². The van der Waals surface area contributed by atoms with Crippen LogP contribution in [0.4, 0.5) is 0 Å². The summed E-state index contributed by atoms with van der Waals surface area (Å²) in [5.41, 5.74) is 5.05. The van der Waals surface area contributed by atoms with Crippen molar-refractivity contribution in [1.82, 2.24) is 0 Å². The first-order valence-electron chi connectivity index (χ1n) is 13.4. The largest absolute Gasteiger partial charge is 0.0654 e. The van der Waals surface area contributed by atoms with E-state index >= 15 is 0 Å². The molecule has 1 unspecified atom stereocenters. The molecule has 0 heterocycles. The van der Waals surface area contributed by atoms with Crippen LogP contribution in [0.15, 0.2) is 18.2 Å². The molecule has 1 atom stereocenters.